The molecule has 2 aromatic heterocycles. The molecule has 3 aromatic rings. The maximum atomic E-state index is 13.3. The zero-order valence-electron chi connectivity index (χ0n) is 14.9. The number of pyridine rings is 1. The second-order valence-corrected chi connectivity index (χ2v) is 6.78. The normalized spacial score (nSPS) is 14.2. The predicted octanol–water partition coefficient (Wildman–Crippen LogP) is 2.18. The maximum absolute atomic E-state index is 13.3. The van der Waals surface area contributed by atoms with Crippen LogP contribution in [0.4, 0.5) is 0 Å². The molecule has 0 saturated heterocycles. The smallest absolute Gasteiger partial charge is 0.254 e. The number of nitrogens with zero attached hydrogens (tertiary/aromatic N) is 3. The number of H-pyrrole nitrogens is 1. The van der Waals surface area contributed by atoms with Crippen molar-refractivity contribution >= 4 is 16.8 Å². The Balaban J connectivity index is 1.71. The third-order valence-corrected chi connectivity index (χ3v) is 4.90. The van der Waals surface area contributed by atoms with Crippen molar-refractivity contribution < 1.29 is 4.79 Å². The number of aromatic nitrogens is 3. The van der Waals surface area contributed by atoms with Crippen LogP contribution in [0.3, 0.4) is 0 Å². The van der Waals surface area contributed by atoms with E-state index in [1.165, 1.54) is 6.33 Å². The Morgan fingerprint density at radius 1 is 1.15 bits per heavy atom. The van der Waals surface area contributed by atoms with Crippen LogP contribution in [0, 0.1) is 13.8 Å². The lowest BCUT2D eigenvalue weighted by molar-refractivity contribution is 0.0764. The van der Waals surface area contributed by atoms with Gasteiger partial charge >= 0.3 is 0 Å². The minimum atomic E-state index is -0.106. The number of aryl methyl sites for hydroxylation is 2. The van der Waals surface area contributed by atoms with E-state index < -0.39 is 0 Å². The Morgan fingerprint density at radius 3 is 2.81 bits per heavy atom. The number of hydrogen-bond acceptors (Lipinski definition) is 4. The van der Waals surface area contributed by atoms with Gasteiger partial charge < -0.3 is 9.88 Å². The topological polar surface area (TPSA) is 79.0 Å². The van der Waals surface area contributed by atoms with E-state index >= 15 is 0 Å². The first-order valence-corrected chi connectivity index (χ1v) is 8.75. The molecular formula is C20H20N4O2. The van der Waals surface area contributed by atoms with Crippen LogP contribution < -0.4 is 5.56 Å². The number of aromatic amines is 1. The molecule has 26 heavy (non-hydrogen) atoms. The Kier molecular flexibility index (Phi) is 4.03. The minimum Gasteiger partial charge on any atom is -0.338 e. The summed E-state index contributed by atoms with van der Waals surface area (Å²) >= 11 is 0. The third kappa shape index (κ3) is 2.87. The van der Waals surface area contributed by atoms with Crippen LogP contribution in [0.5, 0.6) is 0 Å². The van der Waals surface area contributed by atoms with Gasteiger partial charge in [0.2, 0.25) is 0 Å². The lowest BCUT2D eigenvalue weighted by Gasteiger charge is -2.21. The molecule has 1 aliphatic heterocycles. The highest BCUT2D eigenvalue weighted by atomic mass is 16.2. The number of fused-ring (bicyclic) bond motifs is 2. The standard InChI is InChI=1S/C20H20N4O2/c1-12-3-4-18-15(9-12)16(10-13(2)23-18)20(26)24-7-5-14-17(6-8-24)21-11-22-19(14)25/h3-4,9-11H,5-8H2,1-2H3,(H,21,22,25). The molecule has 0 aliphatic carbocycles. The largest absolute Gasteiger partial charge is 0.338 e. The molecule has 0 unspecified atom stereocenters. The summed E-state index contributed by atoms with van der Waals surface area (Å²) in [5.41, 5.74) is 4.78. The lowest BCUT2D eigenvalue weighted by Crippen LogP contribution is -2.33. The van der Waals surface area contributed by atoms with Crippen molar-refractivity contribution in [1.82, 2.24) is 19.9 Å². The molecule has 1 aromatic carbocycles. The second-order valence-electron chi connectivity index (χ2n) is 6.78. The van der Waals surface area contributed by atoms with Crippen LogP contribution >= 0.6 is 0 Å². The summed E-state index contributed by atoms with van der Waals surface area (Å²) in [6, 6.07) is 7.82. The van der Waals surface area contributed by atoms with Crippen molar-refractivity contribution in [1.29, 1.82) is 0 Å². The molecule has 0 spiro atoms. The van der Waals surface area contributed by atoms with Gasteiger partial charge in [-0.25, -0.2) is 4.98 Å². The van der Waals surface area contributed by atoms with Crippen molar-refractivity contribution in [3.8, 4) is 0 Å². The van der Waals surface area contributed by atoms with Gasteiger partial charge in [0.1, 0.15) is 0 Å². The Labute approximate surface area is 150 Å². The lowest BCUT2D eigenvalue weighted by atomic mass is 10.0. The Morgan fingerprint density at radius 2 is 1.96 bits per heavy atom. The van der Waals surface area contributed by atoms with Gasteiger partial charge in [0.25, 0.3) is 11.5 Å². The zero-order chi connectivity index (χ0) is 18.3. The monoisotopic (exact) mass is 348 g/mol. The number of nitrogens with one attached hydrogen (secondary N) is 1. The summed E-state index contributed by atoms with van der Waals surface area (Å²) in [5, 5.41) is 0.873. The molecule has 1 aliphatic rings. The number of amides is 1. The van der Waals surface area contributed by atoms with Gasteiger partial charge in [-0.1, -0.05) is 11.6 Å². The van der Waals surface area contributed by atoms with Crippen LogP contribution in [0.15, 0.2) is 35.4 Å². The third-order valence-electron chi connectivity index (χ3n) is 4.90. The minimum absolute atomic E-state index is 0.0182. The summed E-state index contributed by atoms with van der Waals surface area (Å²) in [5.74, 6) is -0.0182. The number of rotatable bonds is 1. The van der Waals surface area contributed by atoms with E-state index in [1.54, 1.807) is 0 Å². The quantitative estimate of drug-likeness (QED) is 0.731. The summed E-state index contributed by atoms with van der Waals surface area (Å²) < 4.78 is 0. The van der Waals surface area contributed by atoms with Crippen LogP contribution in [0.1, 0.15) is 32.9 Å². The average Bonchev–Trinajstić information content (AvgIpc) is 2.84. The van der Waals surface area contributed by atoms with Crippen LogP contribution in [0.2, 0.25) is 0 Å². The molecule has 0 bridgehead atoms. The average molecular weight is 348 g/mol. The van der Waals surface area contributed by atoms with E-state index in [0.29, 0.717) is 37.1 Å². The molecule has 6 heteroatoms. The van der Waals surface area contributed by atoms with Crippen LogP contribution in [-0.2, 0) is 12.8 Å². The van der Waals surface area contributed by atoms with E-state index in [9.17, 15) is 9.59 Å². The van der Waals surface area contributed by atoms with E-state index in [2.05, 4.69) is 15.0 Å². The van der Waals surface area contributed by atoms with Gasteiger partial charge in [0.15, 0.2) is 0 Å². The van der Waals surface area contributed by atoms with Gasteiger partial charge in [-0.15, -0.1) is 0 Å². The zero-order valence-corrected chi connectivity index (χ0v) is 14.9. The molecule has 0 atom stereocenters. The highest BCUT2D eigenvalue weighted by Crippen LogP contribution is 2.22. The van der Waals surface area contributed by atoms with E-state index in [-0.39, 0.29) is 11.5 Å². The number of carbonyl (C=O) groups is 1. The first kappa shape index (κ1) is 16.4. The fourth-order valence-electron chi connectivity index (χ4n) is 3.56. The summed E-state index contributed by atoms with van der Waals surface area (Å²) in [4.78, 5) is 38.5. The van der Waals surface area contributed by atoms with E-state index in [1.807, 2.05) is 43.0 Å². The first-order valence-electron chi connectivity index (χ1n) is 8.75. The summed E-state index contributed by atoms with van der Waals surface area (Å²) in [6.07, 6.45) is 2.54. The molecule has 1 N–H and O–H groups in total. The van der Waals surface area contributed by atoms with Crippen molar-refractivity contribution in [3.63, 3.8) is 0 Å². The molecule has 132 valence electrons. The first-order chi connectivity index (χ1) is 12.5. The fourth-order valence-corrected chi connectivity index (χ4v) is 3.56. The maximum Gasteiger partial charge on any atom is 0.254 e. The van der Waals surface area contributed by atoms with Gasteiger partial charge in [-0.05, 0) is 38.5 Å². The number of benzene rings is 1. The van der Waals surface area contributed by atoms with Crippen LogP contribution in [0.25, 0.3) is 10.9 Å². The van der Waals surface area contributed by atoms with Gasteiger partial charge in [0, 0.05) is 36.2 Å². The van der Waals surface area contributed by atoms with Crippen molar-refractivity contribution in [2.24, 2.45) is 0 Å². The summed E-state index contributed by atoms with van der Waals surface area (Å²) in [6.45, 7) is 4.97. The molecule has 0 radical (unpaired) electrons. The van der Waals surface area contributed by atoms with Gasteiger partial charge in [-0.2, -0.15) is 0 Å². The molecule has 3 heterocycles. The number of hydrogen-bond donors (Lipinski definition) is 1. The fraction of sp³-hybridized carbons (Fsp3) is 0.300. The van der Waals surface area contributed by atoms with Crippen molar-refractivity contribution in [3.05, 3.63) is 69.0 Å². The second kappa shape index (κ2) is 6.37. The molecular weight excluding hydrogens is 328 g/mol. The van der Waals surface area contributed by atoms with E-state index in [4.69, 9.17) is 0 Å². The molecule has 6 nitrogen and oxygen atoms in total. The van der Waals surface area contributed by atoms with Crippen molar-refractivity contribution in [2.75, 3.05) is 13.1 Å². The summed E-state index contributed by atoms with van der Waals surface area (Å²) in [7, 11) is 0. The van der Waals surface area contributed by atoms with Gasteiger partial charge in [0.05, 0.1) is 23.1 Å². The highest BCUT2D eigenvalue weighted by Gasteiger charge is 2.23. The molecule has 0 saturated carbocycles. The van der Waals surface area contributed by atoms with Crippen LogP contribution in [-0.4, -0.2) is 38.8 Å². The number of carbonyl (C=O) groups excluding carboxylic acids is 1. The molecule has 0 fully saturated rings. The highest BCUT2D eigenvalue weighted by molar-refractivity contribution is 6.06. The molecule has 1 amide bonds. The SMILES string of the molecule is Cc1ccc2nc(C)cc(C(=O)N3CCc4nc[nH]c(=O)c4CC3)c2c1. The molecule has 4 rings (SSSR count). The Hall–Kier alpha value is -3.02. The predicted molar refractivity (Wildman–Crippen MR) is 99.4 cm³/mol. The van der Waals surface area contributed by atoms with E-state index in [0.717, 1.165) is 27.9 Å². The van der Waals surface area contributed by atoms with Gasteiger partial charge in [-0.3, -0.25) is 14.6 Å². The Bertz CT molecular complexity index is 1070. The van der Waals surface area contributed by atoms with Crippen molar-refractivity contribution in [2.45, 2.75) is 26.7 Å².